The van der Waals surface area contributed by atoms with E-state index in [4.69, 9.17) is 0 Å². The van der Waals surface area contributed by atoms with Crippen LogP contribution in [0, 0.1) is 0 Å². The number of aromatic nitrogens is 8. The number of H-pyrrole nitrogens is 1. The molecule has 9 heteroatoms. The van der Waals surface area contributed by atoms with Gasteiger partial charge in [-0.2, -0.15) is 0 Å². The van der Waals surface area contributed by atoms with Gasteiger partial charge >= 0.3 is 19.5 Å². The SMILES string of the molecule is [Ru+3].c1ccc(-c2ccccn2)nc1.c1ccc(-c2ccccn2)nc1.c1cnc2c(c1)c1ncnc1c1ccc[nH]c12. The number of nitrogens with one attached hydrogen (secondary N) is 1. The minimum Gasteiger partial charge on any atom is -0.359 e. The van der Waals surface area contributed by atoms with Gasteiger partial charge in [0.05, 0.1) is 33.8 Å². The van der Waals surface area contributed by atoms with Crippen molar-refractivity contribution in [3.05, 3.63) is 141 Å². The molecule has 0 amide bonds. The molecule has 7 aromatic heterocycles. The number of imidazole rings is 1. The van der Waals surface area contributed by atoms with E-state index in [2.05, 4.69) is 39.9 Å². The molecule has 201 valence electrons. The molecule has 1 aromatic carbocycles. The Hall–Kier alpha value is -5.27. The van der Waals surface area contributed by atoms with E-state index in [9.17, 15) is 0 Å². The third-order valence-electron chi connectivity index (χ3n) is 6.19. The average molecular weight is 634 g/mol. The second-order valence-electron chi connectivity index (χ2n) is 8.79. The maximum Gasteiger partial charge on any atom is 3.00 e. The molecule has 1 N–H and O–H groups in total. The van der Waals surface area contributed by atoms with E-state index in [0.29, 0.717) is 0 Å². The first-order chi connectivity index (χ1) is 20.4. The number of hydrogen-bond acceptors (Lipinski definition) is 7. The summed E-state index contributed by atoms with van der Waals surface area (Å²) in [6.45, 7) is 0. The molecule has 0 aliphatic carbocycles. The van der Waals surface area contributed by atoms with E-state index < -0.39 is 0 Å². The Kier molecular flexibility index (Phi) is 9.34. The van der Waals surface area contributed by atoms with Crippen LogP contribution < -0.4 is 0 Å². The smallest absolute Gasteiger partial charge is 0.359 e. The Morgan fingerprint density at radius 2 is 0.833 bits per heavy atom. The molecule has 0 fully saturated rings. The van der Waals surface area contributed by atoms with Gasteiger partial charge in [0, 0.05) is 48.0 Å². The topological polar surface area (TPSA) is 106 Å². The monoisotopic (exact) mass is 634 g/mol. The van der Waals surface area contributed by atoms with E-state index in [-0.39, 0.29) is 19.5 Å². The van der Waals surface area contributed by atoms with Gasteiger partial charge in [-0.15, -0.1) is 0 Å². The quantitative estimate of drug-likeness (QED) is 0.162. The van der Waals surface area contributed by atoms with E-state index in [0.717, 1.165) is 55.6 Å². The van der Waals surface area contributed by atoms with Gasteiger partial charge in [0.25, 0.3) is 0 Å². The normalized spacial score (nSPS) is 10.2. The van der Waals surface area contributed by atoms with Crippen molar-refractivity contribution in [1.29, 1.82) is 0 Å². The molecule has 0 aliphatic rings. The van der Waals surface area contributed by atoms with Gasteiger partial charge in [0.1, 0.15) is 17.4 Å². The van der Waals surface area contributed by atoms with Crippen LogP contribution in [-0.2, 0) is 19.5 Å². The van der Waals surface area contributed by atoms with Gasteiger partial charge in [0.15, 0.2) is 0 Å². The largest absolute Gasteiger partial charge is 3.00 e. The molecule has 8 nitrogen and oxygen atoms in total. The van der Waals surface area contributed by atoms with Gasteiger partial charge in [-0.05, 0) is 72.8 Å². The van der Waals surface area contributed by atoms with E-state index >= 15 is 0 Å². The summed E-state index contributed by atoms with van der Waals surface area (Å²) in [5.74, 6) is 0. The zero-order valence-electron chi connectivity index (χ0n) is 22.3. The predicted molar refractivity (Wildman–Crippen MR) is 162 cm³/mol. The van der Waals surface area contributed by atoms with Crippen LogP contribution in [0.3, 0.4) is 0 Å². The summed E-state index contributed by atoms with van der Waals surface area (Å²) in [6.07, 6.45) is 12.4. The van der Waals surface area contributed by atoms with Gasteiger partial charge < -0.3 is 4.98 Å². The summed E-state index contributed by atoms with van der Waals surface area (Å²) in [7, 11) is 0. The zero-order valence-corrected chi connectivity index (χ0v) is 24.0. The Labute approximate surface area is 254 Å². The van der Waals surface area contributed by atoms with Crippen LogP contribution in [0.2, 0.25) is 0 Å². The second-order valence-corrected chi connectivity index (χ2v) is 8.79. The first-order valence-electron chi connectivity index (χ1n) is 13.0. The number of pyridine rings is 6. The molecule has 8 aromatic rings. The van der Waals surface area contributed by atoms with Crippen molar-refractivity contribution in [1.82, 2.24) is 39.9 Å². The molecule has 7 heterocycles. The average Bonchev–Trinajstić information content (AvgIpc) is 3.58. The minimum atomic E-state index is 0. The molecule has 1 radical (unpaired) electrons. The number of hydrogen-bond donors (Lipinski definition) is 1. The summed E-state index contributed by atoms with van der Waals surface area (Å²) < 4.78 is 0. The fourth-order valence-corrected chi connectivity index (χ4v) is 4.34. The minimum absolute atomic E-state index is 0. The summed E-state index contributed by atoms with van der Waals surface area (Å²) >= 11 is 0. The fourth-order valence-electron chi connectivity index (χ4n) is 4.34. The van der Waals surface area contributed by atoms with Crippen LogP contribution in [0.15, 0.2) is 141 Å². The maximum absolute atomic E-state index is 4.44. The molecular weight excluding hydrogens is 609 g/mol. The molecule has 0 atom stereocenters. The van der Waals surface area contributed by atoms with Crippen molar-refractivity contribution in [2.24, 2.45) is 0 Å². The number of rotatable bonds is 2. The molecule has 0 saturated carbocycles. The van der Waals surface area contributed by atoms with Crippen molar-refractivity contribution < 1.29 is 19.5 Å². The molecule has 0 bridgehead atoms. The third-order valence-corrected chi connectivity index (χ3v) is 6.19. The van der Waals surface area contributed by atoms with Crippen LogP contribution in [-0.4, -0.2) is 39.9 Å². The first kappa shape index (κ1) is 28.3. The van der Waals surface area contributed by atoms with E-state index in [1.165, 1.54) is 0 Å². The molecule has 0 saturated heterocycles. The van der Waals surface area contributed by atoms with Crippen molar-refractivity contribution in [2.45, 2.75) is 0 Å². The Morgan fingerprint density at radius 3 is 1.31 bits per heavy atom. The Bertz CT molecular complexity index is 1770. The number of fused-ring (bicyclic) bond motifs is 6. The van der Waals surface area contributed by atoms with Gasteiger partial charge in [0.2, 0.25) is 0 Å². The van der Waals surface area contributed by atoms with Crippen molar-refractivity contribution in [3.63, 3.8) is 0 Å². The van der Waals surface area contributed by atoms with Gasteiger partial charge in [-0.3, -0.25) is 24.9 Å². The Morgan fingerprint density at radius 1 is 0.381 bits per heavy atom. The summed E-state index contributed by atoms with van der Waals surface area (Å²) in [5, 5.41) is 2.10. The number of nitrogens with zero attached hydrogens (tertiary/aromatic N) is 7. The predicted octanol–water partition coefficient (Wildman–Crippen LogP) is 6.94. The van der Waals surface area contributed by atoms with E-state index in [1.807, 2.05) is 103 Å². The molecule has 42 heavy (non-hydrogen) atoms. The van der Waals surface area contributed by atoms with Crippen LogP contribution in [0.5, 0.6) is 0 Å². The molecule has 0 spiro atoms. The van der Waals surface area contributed by atoms with Crippen LogP contribution >= 0.6 is 0 Å². The second kappa shape index (κ2) is 13.9. The maximum atomic E-state index is 4.44. The van der Waals surface area contributed by atoms with Crippen molar-refractivity contribution >= 4 is 32.8 Å². The molecule has 0 aliphatic heterocycles. The fraction of sp³-hybridized carbons (Fsp3) is 0. The van der Waals surface area contributed by atoms with Crippen LogP contribution in [0.1, 0.15) is 0 Å². The first-order valence-corrected chi connectivity index (χ1v) is 13.0. The van der Waals surface area contributed by atoms with Crippen LogP contribution in [0.4, 0.5) is 0 Å². The zero-order chi connectivity index (χ0) is 27.7. The summed E-state index contributed by atoms with van der Waals surface area (Å²) in [5.41, 5.74) is 7.46. The molecule has 0 unspecified atom stereocenters. The Balaban J connectivity index is 0.000000128. The summed E-state index contributed by atoms with van der Waals surface area (Å²) in [6, 6.07) is 31.1. The van der Waals surface area contributed by atoms with E-state index in [1.54, 1.807) is 37.3 Å². The third kappa shape index (κ3) is 6.38. The van der Waals surface area contributed by atoms with Gasteiger partial charge in [-0.1, -0.05) is 24.3 Å². The van der Waals surface area contributed by atoms with Gasteiger partial charge in [-0.25, -0.2) is 9.97 Å². The summed E-state index contributed by atoms with van der Waals surface area (Å²) in [4.78, 5) is 33.1. The van der Waals surface area contributed by atoms with Crippen molar-refractivity contribution in [3.8, 4) is 22.8 Å². The van der Waals surface area contributed by atoms with Crippen LogP contribution in [0.25, 0.3) is 55.6 Å². The number of aromatic amines is 1. The molecule has 8 rings (SSSR count). The standard InChI is InChI=1S/C13H8N4.2C10H8N2.Ru/c1-3-8-10(14-5-1)11-9(4-2-6-15-11)13-12(8)16-7-17-13;2*1-3-7-11-9(5-1)10-6-2-4-8-12-10;/h1-7,14H;2*1-8H;/q;;;+3. The molecular formula is C33H24N8Ru+3. The van der Waals surface area contributed by atoms with Crippen molar-refractivity contribution in [2.75, 3.05) is 0 Å². The number of benzene rings is 1.